The molecule has 0 bridgehead atoms. The Morgan fingerprint density at radius 3 is 2.33 bits per heavy atom. The molecule has 2 amide bonds. The Kier molecular flexibility index (Phi) is 7.67. The molecule has 21 heavy (non-hydrogen) atoms. The lowest BCUT2D eigenvalue weighted by Crippen LogP contribution is -2.47. The van der Waals surface area contributed by atoms with Crippen LogP contribution in [0.3, 0.4) is 0 Å². The highest BCUT2D eigenvalue weighted by atomic mass is 16.3. The highest BCUT2D eigenvalue weighted by Gasteiger charge is 2.25. The summed E-state index contributed by atoms with van der Waals surface area (Å²) in [5.41, 5.74) is 0. The van der Waals surface area contributed by atoms with Gasteiger partial charge < -0.3 is 15.3 Å². The summed E-state index contributed by atoms with van der Waals surface area (Å²) in [4.78, 5) is 27.4. The van der Waals surface area contributed by atoms with Crippen molar-refractivity contribution >= 4 is 11.8 Å². The average molecular weight is 299 g/mol. The molecule has 6 heteroatoms. The minimum atomic E-state index is -0.0930. The van der Waals surface area contributed by atoms with E-state index in [9.17, 15) is 9.59 Å². The fourth-order valence-electron chi connectivity index (χ4n) is 2.42. The normalized spacial score (nSPS) is 14.6. The summed E-state index contributed by atoms with van der Waals surface area (Å²) < 4.78 is 0. The molecule has 0 aromatic carbocycles. The Morgan fingerprint density at radius 1 is 1.24 bits per heavy atom. The van der Waals surface area contributed by atoms with Gasteiger partial charge in [-0.25, -0.2) is 0 Å². The van der Waals surface area contributed by atoms with Gasteiger partial charge in [0.05, 0.1) is 19.7 Å². The summed E-state index contributed by atoms with van der Waals surface area (Å²) in [5.74, 6) is -0.175. The zero-order chi connectivity index (χ0) is 15.8. The molecule has 1 aliphatic rings. The number of hydrogen-bond donors (Lipinski definition) is 2. The fraction of sp³-hybridized carbons (Fsp3) is 0.867. The van der Waals surface area contributed by atoms with Crippen LogP contribution < -0.4 is 5.32 Å². The van der Waals surface area contributed by atoms with Gasteiger partial charge >= 0.3 is 0 Å². The number of nitrogens with one attached hydrogen (secondary N) is 1. The van der Waals surface area contributed by atoms with Gasteiger partial charge in [-0.1, -0.05) is 13.8 Å². The van der Waals surface area contributed by atoms with Crippen molar-refractivity contribution in [1.82, 2.24) is 15.1 Å². The molecule has 1 fully saturated rings. The fourth-order valence-corrected chi connectivity index (χ4v) is 2.42. The van der Waals surface area contributed by atoms with Crippen LogP contribution in [0.15, 0.2) is 0 Å². The minimum absolute atomic E-state index is 0.0374. The molecule has 2 N–H and O–H groups in total. The number of nitrogens with zero attached hydrogens (tertiary/aromatic N) is 2. The maximum Gasteiger partial charge on any atom is 0.239 e. The number of rotatable bonds is 10. The van der Waals surface area contributed by atoms with E-state index in [1.807, 2.05) is 4.90 Å². The van der Waals surface area contributed by atoms with Crippen molar-refractivity contribution < 1.29 is 14.7 Å². The average Bonchev–Trinajstić information content (AvgIpc) is 3.23. The number of aliphatic hydroxyl groups excluding tert-OH is 1. The zero-order valence-corrected chi connectivity index (χ0v) is 13.5. The quantitative estimate of drug-likeness (QED) is 0.605. The highest BCUT2D eigenvalue weighted by Crippen LogP contribution is 2.18. The molecule has 0 aliphatic heterocycles. The van der Waals surface area contributed by atoms with Crippen LogP contribution in [0.5, 0.6) is 0 Å². The van der Waals surface area contributed by atoms with Gasteiger partial charge in [-0.2, -0.15) is 0 Å². The zero-order valence-electron chi connectivity index (χ0n) is 13.5. The Bertz CT molecular complexity index is 341. The van der Waals surface area contributed by atoms with Crippen LogP contribution in [0, 0.1) is 0 Å². The van der Waals surface area contributed by atoms with Crippen molar-refractivity contribution in [3.8, 4) is 0 Å². The Balaban J connectivity index is 2.44. The summed E-state index contributed by atoms with van der Waals surface area (Å²) in [5, 5.41) is 12.0. The van der Waals surface area contributed by atoms with E-state index in [4.69, 9.17) is 5.11 Å². The summed E-state index contributed by atoms with van der Waals surface area (Å²) >= 11 is 0. The lowest BCUT2D eigenvalue weighted by molar-refractivity contribution is -0.136. The third-order valence-electron chi connectivity index (χ3n) is 3.93. The predicted octanol–water partition coefficient (Wildman–Crippen LogP) is 0.206. The van der Waals surface area contributed by atoms with E-state index < -0.39 is 0 Å². The number of carbonyl (C=O) groups excluding carboxylic acids is 2. The SMILES string of the molecule is CCC(CC)N(CCO)CC(=O)N(C)CC(=O)NC1CC1. The van der Waals surface area contributed by atoms with E-state index in [0.717, 1.165) is 25.7 Å². The van der Waals surface area contributed by atoms with Crippen LogP contribution in [-0.2, 0) is 9.59 Å². The predicted molar refractivity (Wildman–Crippen MR) is 81.8 cm³/mol. The molecule has 1 saturated carbocycles. The van der Waals surface area contributed by atoms with Gasteiger partial charge in [0.25, 0.3) is 0 Å². The van der Waals surface area contributed by atoms with Gasteiger partial charge in [0.2, 0.25) is 11.8 Å². The summed E-state index contributed by atoms with van der Waals surface area (Å²) in [6.45, 7) is 5.03. The lowest BCUT2D eigenvalue weighted by Gasteiger charge is -2.30. The molecule has 0 spiro atoms. The molecule has 0 atom stereocenters. The molecule has 122 valence electrons. The second-order valence-corrected chi connectivity index (χ2v) is 5.76. The second-order valence-electron chi connectivity index (χ2n) is 5.76. The molecule has 1 aliphatic carbocycles. The van der Waals surface area contributed by atoms with E-state index in [1.165, 1.54) is 4.90 Å². The third kappa shape index (κ3) is 6.44. The van der Waals surface area contributed by atoms with Crippen molar-refractivity contribution in [3.05, 3.63) is 0 Å². The van der Waals surface area contributed by atoms with Crippen molar-refractivity contribution in [2.75, 3.05) is 33.3 Å². The first kappa shape index (κ1) is 17.9. The molecule has 0 radical (unpaired) electrons. The largest absolute Gasteiger partial charge is 0.395 e. The highest BCUT2D eigenvalue weighted by molar-refractivity contribution is 5.85. The number of hydrogen-bond acceptors (Lipinski definition) is 4. The van der Waals surface area contributed by atoms with E-state index >= 15 is 0 Å². The van der Waals surface area contributed by atoms with Gasteiger partial charge in [0.1, 0.15) is 0 Å². The first-order valence-corrected chi connectivity index (χ1v) is 7.90. The van der Waals surface area contributed by atoms with Gasteiger partial charge in [-0.3, -0.25) is 14.5 Å². The standard InChI is InChI=1S/C15H29N3O3/c1-4-13(5-2)18(8-9-19)11-15(21)17(3)10-14(20)16-12-6-7-12/h12-13,19H,4-11H2,1-3H3,(H,16,20). The van der Waals surface area contributed by atoms with E-state index in [1.54, 1.807) is 7.05 Å². The number of carbonyl (C=O) groups is 2. The summed E-state index contributed by atoms with van der Waals surface area (Å²) in [6.07, 6.45) is 3.97. The van der Waals surface area contributed by atoms with Crippen LogP contribution in [0.2, 0.25) is 0 Å². The van der Waals surface area contributed by atoms with Gasteiger partial charge in [-0.15, -0.1) is 0 Å². The van der Waals surface area contributed by atoms with Crippen LogP contribution in [0.4, 0.5) is 0 Å². The van der Waals surface area contributed by atoms with Crippen LogP contribution in [0.1, 0.15) is 39.5 Å². The molecule has 0 aromatic rings. The molecular formula is C15H29N3O3. The third-order valence-corrected chi connectivity index (χ3v) is 3.93. The molecule has 0 aromatic heterocycles. The van der Waals surface area contributed by atoms with Gasteiger partial charge in [0.15, 0.2) is 0 Å². The monoisotopic (exact) mass is 299 g/mol. The summed E-state index contributed by atoms with van der Waals surface area (Å²) in [7, 11) is 1.65. The smallest absolute Gasteiger partial charge is 0.239 e. The Hall–Kier alpha value is -1.14. The van der Waals surface area contributed by atoms with Crippen molar-refractivity contribution in [3.63, 3.8) is 0 Å². The van der Waals surface area contributed by atoms with E-state index in [2.05, 4.69) is 19.2 Å². The first-order valence-electron chi connectivity index (χ1n) is 7.90. The minimum Gasteiger partial charge on any atom is -0.395 e. The van der Waals surface area contributed by atoms with Crippen molar-refractivity contribution in [2.24, 2.45) is 0 Å². The first-order chi connectivity index (χ1) is 10.0. The maximum atomic E-state index is 12.2. The van der Waals surface area contributed by atoms with Gasteiger partial charge in [0, 0.05) is 25.7 Å². The van der Waals surface area contributed by atoms with Crippen LogP contribution in [0.25, 0.3) is 0 Å². The number of amides is 2. The maximum absolute atomic E-state index is 12.2. The van der Waals surface area contributed by atoms with Crippen molar-refractivity contribution in [2.45, 2.75) is 51.6 Å². The van der Waals surface area contributed by atoms with Crippen LogP contribution >= 0.6 is 0 Å². The summed E-state index contributed by atoms with van der Waals surface area (Å²) in [6, 6.07) is 0.603. The van der Waals surface area contributed by atoms with E-state index in [-0.39, 0.29) is 37.6 Å². The van der Waals surface area contributed by atoms with Crippen molar-refractivity contribution in [1.29, 1.82) is 0 Å². The Morgan fingerprint density at radius 2 is 1.86 bits per heavy atom. The molecule has 1 rings (SSSR count). The van der Waals surface area contributed by atoms with E-state index in [0.29, 0.717) is 12.6 Å². The molecule has 0 saturated heterocycles. The lowest BCUT2D eigenvalue weighted by atomic mass is 10.1. The van der Waals surface area contributed by atoms with Crippen LogP contribution in [-0.4, -0.2) is 72.1 Å². The Labute approximate surface area is 127 Å². The number of likely N-dealkylation sites (N-methyl/N-ethyl adjacent to an activating group) is 1. The van der Waals surface area contributed by atoms with Gasteiger partial charge in [-0.05, 0) is 25.7 Å². The topological polar surface area (TPSA) is 72.9 Å². The molecule has 0 unspecified atom stereocenters. The number of aliphatic hydroxyl groups is 1. The molecule has 6 nitrogen and oxygen atoms in total. The molecular weight excluding hydrogens is 270 g/mol. The second kappa shape index (κ2) is 9.00. The molecule has 0 heterocycles.